The van der Waals surface area contributed by atoms with E-state index in [2.05, 4.69) is 4.98 Å². The summed E-state index contributed by atoms with van der Waals surface area (Å²) in [5, 5.41) is 20.8. The van der Waals surface area contributed by atoms with Crippen LogP contribution in [0.25, 0.3) is 16.4 Å². The summed E-state index contributed by atoms with van der Waals surface area (Å²) in [5.74, 6) is -1.33. The quantitative estimate of drug-likeness (QED) is 0.534. The van der Waals surface area contributed by atoms with Gasteiger partial charge in [-0.05, 0) is 29.8 Å². The van der Waals surface area contributed by atoms with Crippen molar-refractivity contribution in [3.8, 4) is 11.6 Å². The molecule has 0 spiro atoms. The van der Waals surface area contributed by atoms with Crippen molar-refractivity contribution < 1.29 is 14.6 Å². The van der Waals surface area contributed by atoms with Crippen molar-refractivity contribution in [1.29, 1.82) is 0 Å². The van der Waals surface area contributed by atoms with Crippen molar-refractivity contribution in [2.75, 3.05) is 0 Å². The second-order valence-electron chi connectivity index (χ2n) is 5.78. The minimum absolute atomic E-state index is 0.00798. The van der Waals surface area contributed by atoms with Gasteiger partial charge in [0.05, 0.1) is 18.1 Å². The number of aromatic hydroxyl groups is 2. The summed E-state index contributed by atoms with van der Waals surface area (Å²) in [4.78, 5) is 29.3. The molecule has 2 N–H and O–H groups in total. The molecule has 3 aromatic heterocycles. The number of benzene rings is 1. The highest BCUT2D eigenvalue weighted by Crippen LogP contribution is 2.24. The van der Waals surface area contributed by atoms with Crippen molar-refractivity contribution in [2.24, 2.45) is 0 Å². The minimum Gasteiger partial charge on any atom is -0.504 e. The predicted molar refractivity (Wildman–Crippen MR) is 92.1 cm³/mol. The molecule has 130 valence electrons. The number of rotatable bonds is 2. The Morgan fingerprint density at radius 3 is 2.50 bits per heavy atom. The molecule has 4 rings (SSSR count). The van der Waals surface area contributed by atoms with Gasteiger partial charge in [-0.15, -0.1) is 0 Å². The van der Waals surface area contributed by atoms with Gasteiger partial charge in [0.1, 0.15) is 11.3 Å². The van der Waals surface area contributed by atoms with Gasteiger partial charge in [-0.1, -0.05) is 12.1 Å². The minimum atomic E-state index is -0.767. The summed E-state index contributed by atoms with van der Waals surface area (Å²) in [5.41, 5.74) is -1.07. The van der Waals surface area contributed by atoms with Crippen LogP contribution in [-0.2, 0) is 6.54 Å². The van der Waals surface area contributed by atoms with Crippen LogP contribution < -0.4 is 11.1 Å². The number of hydrogen-bond donors (Lipinski definition) is 2. The van der Waals surface area contributed by atoms with Gasteiger partial charge in [0, 0.05) is 6.20 Å². The lowest BCUT2D eigenvalue weighted by Crippen LogP contribution is -2.27. The molecular formula is C18H12FN3O4. The molecule has 0 radical (unpaired) electrons. The van der Waals surface area contributed by atoms with Crippen molar-refractivity contribution in [3.63, 3.8) is 0 Å². The number of hydrogen-bond acceptors (Lipinski definition) is 5. The first-order valence-electron chi connectivity index (χ1n) is 7.66. The Morgan fingerprint density at radius 2 is 1.77 bits per heavy atom. The Kier molecular flexibility index (Phi) is 3.47. The maximum absolute atomic E-state index is 13.0. The molecule has 0 aliphatic rings. The zero-order valence-electron chi connectivity index (χ0n) is 13.3. The lowest BCUT2D eigenvalue weighted by atomic mass is 10.2. The van der Waals surface area contributed by atoms with Crippen LogP contribution >= 0.6 is 0 Å². The monoisotopic (exact) mass is 353 g/mol. The molecule has 0 aliphatic carbocycles. The van der Waals surface area contributed by atoms with Crippen LogP contribution in [-0.4, -0.2) is 24.2 Å². The van der Waals surface area contributed by atoms with Crippen LogP contribution in [0.2, 0.25) is 0 Å². The first kappa shape index (κ1) is 15.8. The van der Waals surface area contributed by atoms with E-state index in [1.165, 1.54) is 42.6 Å². The smallest absolute Gasteiger partial charge is 0.281 e. The molecule has 26 heavy (non-hydrogen) atoms. The predicted octanol–water partition coefficient (Wildman–Crippen LogP) is 1.61. The molecule has 0 bridgehead atoms. The van der Waals surface area contributed by atoms with E-state index in [9.17, 15) is 24.2 Å². The van der Waals surface area contributed by atoms with Gasteiger partial charge in [0.25, 0.3) is 11.1 Å². The van der Waals surface area contributed by atoms with E-state index >= 15 is 0 Å². The molecule has 8 heteroatoms. The average molecular weight is 353 g/mol. The second kappa shape index (κ2) is 5.69. The summed E-state index contributed by atoms with van der Waals surface area (Å²) in [7, 11) is 0. The fourth-order valence-electron chi connectivity index (χ4n) is 2.89. The van der Waals surface area contributed by atoms with Crippen LogP contribution in [0.1, 0.15) is 5.56 Å². The number of aromatic nitrogens is 3. The van der Waals surface area contributed by atoms with Crippen LogP contribution in [0.5, 0.6) is 11.6 Å². The third-order valence-electron chi connectivity index (χ3n) is 4.17. The van der Waals surface area contributed by atoms with Crippen molar-refractivity contribution in [2.45, 2.75) is 6.54 Å². The van der Waals surface area contributed by atoms with E-state index in [0.717, 1.165) is 15.2 Å². The van der Waals surface area contributed by atoms with Gasteiger partial charge in [-0.2, -0.15) is 0 Å². The van der Waals surface area contributed by atoms with Crippen LogP contribution in [0.15, 0.2) is 58.4 Å². The molecule has 0 aliphatic heterocycles. The second-order valence-corrected chi connectivity index (χ2v) is 5.78. The van der Waals surface area contributed by atoms with E-state index in [4.69, 9.17) is 0 Å². The van der Waals surface area contributed by atoms with E-state index in [0.29, 0.717) is 5.56 Å². The summed E-state index contributed by atoms with van der Waals surface area (Å²) in [6.45, 7) is -0.0602. The highest BCUT2D eigenvalue weighted by molar-refractivity contribution is 5.89. The van der Waals surface area contributed by atoms with E-state index < -0.39 is 28.6 Å². The molecule has 0 amide bonds. The van der Waals surface area contributed by atoms with Gasteiger partial charge in [-0.25, -0.2) is 4.39 Å². The number of pyridine rings is 2. The average Bonchev–Trinajstić information content (AvgIpc) is 2.64. The third-order valence-corrected chi connectivity index (χ3v) is 4.17. The van der Waals surface area contributed by atoms with E-state index in [1.54, 1.807) is 0 Å². The number of fused-ring (bicyclic) bond motifs is 2. The molecule has 0 saturated carbocycles. The topological polar surface area (TPSA) is 96.8 Å². The van der Waals surface area contributed by atoms with Crippen LogP contribution in [0.3, 0.4) is 0 Å². The van der Waals surface area contributed by atoms with E-state index in [-0.39, 0.29) is 23.0 Å². The molecule has 1 aromatic carbocycles. The standard InChI is InChI=1S/C18H12FN3O4/c19-11-5-3-10(4-6-11)8-21-13(23)9-22-15(18(21)26)16(24)14-12(17(22)25)2-1-7-20-14/h1-7,9,23-24H,8H2. The highest BCUT2D eigenvalue weighted by Gasteiger charge is 2.18. The lowest BCUT2D eigenvalue weighted by Gasteiger charge is -2.12. The zero-order valence-corrected chi connectivity index (χ0v) is 13.3. The number of nitrogens with zero attached hydrogens (tertiary/aromatic N) is 3. The highest BCUT2D eigenvalue weighted by atomic mass is 19.1. The maximum atomic E-state index is 13.0. The van der Waals surface area contributed by atoms with Gasteiger partial charge in [-0.3, -0.25) is 23.5 Å². The van der Waals surface area contributed by atoms with Crippen LogP contribution in [0, 0.1) is 5.82 Å². The molecule has 0 saturated heterocycles. The third kappa shape index (κ3) is 2.31. The summed E-state index contributed by atoms with van der Waals surface area (Å²) >= 11 is 0. The van der Waals surface area contributed by atoms with Crippen molar-refractivity contribution in [1.82, 2.24) is 14.0 Å². The fraction of sp³-hybridized carbons (Fsp3) is 0.0556. The van der Waals surface area contributed by atoms with Gasteiger partial charge < -0.3 is 10.2 Å². The van der Waals surface area contributed by atoms with Gasteiger partial charge >= 0.3 is 0 Å². The summed E-state index contributed by atoms with van der Waals surface area (Å²) in [6, 6.07) is 8.41. The Hall–Kier alpha value is -3.68. The van der Waals surface area contributed by atoms with Gasteiger partial charge in [0.15, 0.2) is 11.3 Å². The van der Waals surface area contributed by atoms with Crippen molar-refractivity contribution in [3.05, 3.63) is 80.9 Å². The van der Waals surface area contributed by atoms with Crippen molar-refractivity contribution >= 4 is 16.4 Å². The fourth-order valence-corrected chi connectivity index (χ4v) is 2.89. The SMILES string of the molecule is O=c1c2c(O)c3ncccc3c(=O)n2cc(O)n1Cc1ccc(F)cc1. The molecule has 7 nitrogen and oxygen atoms in total. The number of halogens is 1. The normalized spacial score (nSPS) is 11.3. The van der Waals surface area contributed by atoms with E-state index in [1.807, 2.05) is 0 Å². The summed E-state index contributed by atoms with van der Waals surface area (Å²) < 4.78 is 14.9. The largest absolute Gasteiger partial charge is 0.504 e. The van der Waals surface area contributed by atoms with Gasteiger partial charge in [0.2, 0.25) is 5.88 Å². The first-order valence-corrected chi connectivity index (χ1v) is 7.66. The Bertz CT molecular complexity index is 1280. The molecular weight excluding hydrogens is 341 g/mol. The molecule has 0 atom stereocenters. The van der Waals surface area contributed by atoms with Crippen LogP contribution in [0.4, 0.5) is 4.39 Å². The Morgan fingerprint density at radius 1 is 1.04 bits per heavy atom. The lowest BCUT2D eigenvalue weighted by molar-refractivity contribution is 0.409. The Balaban J connectivity index is 2.03. The first-order chi connectivity index (χ1) is 12.5. The Labute approximate surface area is 144 Å². The summed E-state index contributed by atoms with van der Waals surface area (Å²) in [6.07, 6.45) is 2.46. The molecule has 0 fully saturated rings. The molecule has 0 unspecified atom stereocenters. The molecule has 4 aromatic rings. The zero-order chi connectivity index (χ0) is 18.4. The maximum Gasteiger partial charge on any atom is 0.281 e. The molecule has 3 heterocycles.